The van der Waals surface area contributed by atoms with E-state index in [0.29, 0.717) is 6.54 Å². The van der Waals surface area contributed by atoms with E-state index in [-0.39, 0.29) is 5.91 Å². The first-order chi connectivity index (χ1) is 11.2. The molecule has 3 nitrogen and oxygen atoms in total. The Balaban J connectivity index is 1.56. The van der Waals surface area contributed by atoms with Crippen LogP contribution in [0.1, 0.15) is 24.0 Å². The topological polar surface area (TPSA) is 32.3 Å². The molecule has 122 valence electrons. The smallest absolute Gasteiger partial charge is 0.234 e. The van der Waals surface area contributed by atoms with Crippen LogP contribution in [0.3, 0.4) is 0 Å². The lowest BCUT2D eigenvalue weighted by atomic mass is 10.1. The largest absolute Gasteiger partial charge is 0.355 e. The van der Waals surface area contributed by atoms with Crippen molar-refractivity contribution >= 4 is 5.91 Å². The van der Waals surface area contributed by atoms with E-state index < -0.39 is 0 Å². The highest BCUT2D eigenvalue weighted by Gasteiger charge is 2.06. The number of benzene rings is 2. The number of nitrogens with one attached hydrogen (secondary N) is 1. The zero-order chi connectivity index (χ0) is 16.3. The van der Waals surface area contributed by atoms with Crippen LogP contribution >= 0.6 is 0 Å². The van der Waals surface area contributed by atoms with Crippen molar-refractivity contribution in [3.05, 3.63) is 71.8 Å². The quantitative estimate of drug-likeness (QED) is 0.721. The Morgan fingerprint density at radius 3 is 2.17 bits per heavy atom. The number of carbonyl (C=O) groups excluding carboxylic acids is 1. The molecule has 23 heavy (non-hydrogen) atoms. The van der Waals surface area contributed by atoms with Crippen LogP contribution in [0.25, 0.3) is 0 Å². The van der Waals surface area contributed by atoms with Crippen molar-refractivity contribution in [2.75, 3.05) is 20.1 Å². The van der Waals surface area contributed by atoms with Gasteiger partial charge in [0.2, 0.25) is 5.91 Å². The molecule has 0 atom stereocenters. The van der Waals surface area contributed by atoms with Gasteiger partial charge in [0.15, 0.2) is 0 Å². The van der Waals surface area contributed by atoms with Gasteiger partial charge >= 0.3 is 0 Å². The number of unbranched alkanes of at least 4 members (excludes halogenated alkanes) is 1. The van der Waals surface area contributed by atoms with Gasteiger partial charge in [-0.05, 0) is 37.4 Å². The van der Waals surface area contributed by atoms with E-state index in [9.17, 15) is 4.79 Å². The van der Waals surface area contributed by atoms with Crippen molar-refractivity contribution in [1.82, 2.24) is 10.2 Å². The summed E-state index contributed by atoms with van der Waals surface area (Å²) in [5.74, 6) is 0.100. The number of likely N-dealkylation sites (N-methyl/N-ethyl adjacent to an activating group) is 1. The fourth-order valence-electron chi connectivity index (χ4n) is 2.58. The SMILES string of the molecule is CN(CC(=O)NCCCCc1ccccc1)Cc1ccccc1. The van der Waals surface area contributed by atoms with Crippen molar-refractivity contribution in [3.8, 4) is 0 Å². The van der Waals surface area contributed by atoms with E-state index in [2.05, 4.69) is 41.7 Å². The lowest BCUT2D eigenvalue weighted by molar-refractivity contribution is -0.122. The lowest BCUT2D eigenvalue weighted by Gasteiger charge is -2.16. The molecule has 2 aromatic carbocycles. The van der Waals surface area contributed by atoms with Gasteiger partial charge in [0.05, 0.1) is 6.54 Å². The van der Waals surface area contributed by atoms with Crippen LogP contribution in [-0.2, 0) is 17.8 Å². The van der Waals surface area contributed by atoms with Gasteiger partial charge in [-0.2, -0.15) is 0 Å². The minimum atomic E-state index is 0.100. The van der Waals surface area contributed by atoms with Crippen LogP contribution in [0.15, 0.2) is 60.7 Å². The molecule has 2 aromatic rings. The number of rotatable bonds is 9. The van der Waals surface area contributed by atoms with E-state index in [4.69, 9.17) is 0 Å². The van der Waals surface area contributed by atoms with Crippen molar-refractivity contribution in [3.63, 3.8) is 0 Å². The highest BCUT2D eigenvalue weighted by Crippen LogP contribution is 2.04. The minimum absolute atomic E-state index is 0.100. The zero-order valence-electron chi connectivity index (χ0n) is 13.9. The summed E-state index contributed by atoms with van der Waals surface area (Å²) in [5.41, 5.74) is 2.59. The Bertz CT molecular complexity index is 569. The third-order valence-corrected chi connectivity index (χ3v) is 3.77. The van der Waals surface area contributed by atoms with Crippen LogP contribution in [0.5, 0.6) is 0 Å². The van der Waals surface area contributed by atoms with Crippen molar-refractivity contribution in [2.24, 2.45) is 0 Å². The Kier molecular flexibility index (Phi) is 7.34. The molecule has 0 aromatic heterocycles. The van der Waals surface area contributed by atoms with Gasteiger partial charge in [0.1, 0.15) is 0 Å². The molecule has 1 amide bonds. The monoisotopic (exact) mass is 310 g/mol. The van der Waals surface area contributed by atoms with Gasteiger partial charge in [-0.25, -0.2) is 0 Å². The molecule has 0 bridgehead atoms. The predicted molar refractivity (Wildman–Crippen MR) is 95.2 cm³/mol. The van der Waals surface area contributed by atoms with Gasteiger partial charge in [-0.15, -0.1) is 0 Å². The Hall–Kier alpha value is -2.13. The molecule has 0 fully saturated rings. The molecule has 3 heteroatoms. The van der Waals surface area contributed by atoms with E-state index in [1.54, 1.807) is 0 Å². The third kappa shape index (κ3) is 7.11. The van der Waals surface area contributed by atoms with E-state index in [0.717, 1.165) is 32.4 Å². The molecule has 0 unspecified atom stereocenters. The molecule has 2 rings (SSSR count). The standard InChI is InChI=1S/C20H26N2O/c1-22(16-19-13-6-3-7-14-19)17-20(23)21-15-9-8-12-18-10-4-2-5-11-18/h2-7,10-11,13-14H,8-9,12,15-17H2,1H3,(H,21,23). The molecular weight excluding hydrogens is 284 g/mol. The summed E-state index contributed by atoms with van der Waals surface area (Å²) in [7, 11) is 1.97. The maximum atomic E-state index is 11.9. The maximum Gasteiger partial charge on any atom is 0.234 e. The lowest BCUT2D eigenvalue weighted by Crippen LogP contribution is -2.35. The normalized spacial score (nSPS) is 10.7. The number of hydrogen-bond acceptors (Lipinski definition) is 2. The van der Waals surface area contributed by atoms with Crippen LogP contribution in [0.2, 0.25) is 0 Å². The second kappa shape index (κ2) is 9.80. The average molecular weight is 310 g/mol. The predicted octanol–water partition coefficient (Wildman–Crippen LogP) is 3.26. The van der Waals surface area contributed by atoms with Crippen LogP contribution in [0, 0.1) is 0 Å². The summed E-state index contributed by atoms with van der Waals surface area (Å²) in [6, 6.07) is 20.7. The first kappa shape index (κ1) is 17.2. The van der Waals surface area contributed by atoms with Gasteiger partial charge < -0.3 is 5.32 Å². The number of amides is 1. The minimum Gasteiger partial charge on any atom is -0.355 e. The molecule has 0 heterocycles. The maximum absolute atomic E-state index is 11.9. The van der Waals surface area contributed by atoms with Gasteiger partial charge in [-0.3, -0.25) is 9.69 Å². The van der Waals surface area contributed by atoms with Gasteiger partial charge in [-0.1, -0.05) is 60.7 Å². The van der Waals surface area contributed by atoms with Gasteiger partial charge in [0, 0.05) is 13.1 Å². The summed E-state index contributed by atoms with van der Waals surface area (Å²) in [6.07, 6.45) is 3.19. The van der Waals surface area contributed by atoms with Crippen molar-refractivity contribution in [1.29, 1.82) is 0 Å². The van der Waals surface area contributed by atoms with Crippen LogP contribution in [-0.4, -0.2) is 30.9 Å². The molecule has 0 spiro atoms. The molecule has 1 N–H and O–H groups in total. The number of aryl methyl sites for hydroxylation is 1. The number of carbonyl (C=O) groups is 1. The Morgan fingerprint density at radius 2 is 1.52 bits per heavy atom. The molecule has 0 aliphatic rings. The first-order valence-electron chi connectivity index (χ1n) is 8.27. The summed E-state index contributed by atoms with van der Waals surface area (Å²) >= 11 is 0. The molecule has 0 saturated carbocycles. The summed E-state index contributed by atoms with van der Waals surface area (Å²) in [6.45, 7) is 1.99. The van der Waals surface area contributed by atoms with E-state index >= 15 is 0 Å². The Morgan fingerprint density at radius 1 is 0.913 bits per heavy atom. The van der Waals surface area contributed by atoms with Crippen LogP contribution in [0.4, 0.5) is 0 Å². The second-order valence-corrected chi connectivity index (χ2v) is 5.95. The fraction of sp³-hybridized carbons (Fsp3) is 0.350. The second-order valence-electron chi connectivity index (χ2n) is 5.95. The van der Waals surface area contributed by atoms with Crippen molar-refractivity contribution < 1.29 is 4.79 Å². The summed E-state index contributed by atoms with van der Waals surface area (Å²) in [4.78, 5) is 14.0. The summed E-state index contributed by atoms with van der Waals surface area (Å²) in [5, 5.41) is 3.01. The Labute approximate surface area is 139 Å². The highest BCUT2D eigenvalue weighted by molar-refractivity contribution is 5.77. The van der Waals surface area contributed by atoms with Crippen molar-refractivity contribution in [2.45, 2.75) is 25.8 Å². The highest BCUT2D eigenvalue weighted by atomic mass is 16.2. The number of hydrogen-bond donors (Lipinski definition) is 1. The first-order valence-corrected chi connectivity index (χ1v) is 8.27. The summed E-state index contributed by atoms with van der Waals surface area (Å²) < 4.78 is 0. The number of nitrogens with zero attached hydrogens (tertiary/aromatic N) is 1. The molecule has 0 saturated heterocycles. The molecular formula is C20H26N2O. The molecule has 0 aliphatic heterocycles. The van der Waals surface area contributed by atoms with Gasteiger partial charge in [0.25, 0.3) is 0 Å². The zero-order valence-corrected chi connectivity index (χ0v) is 13.9. The van der Waals surface area contributed by atoms with E-state index in [1.165, 1.54) is 11.1 Å². The van der Waals surface area contributed by atoms with Crippen LogP contribution < -0.4 is 5.32 Å². The molecule has 0 radical (unpaired) electrons. The third-order valence-electron chi connectivity index (χ3n) is 3.77. The average Bonchev–Trinajstić information content (AvgIpc) is 2.56. The molecule has 0 aliphatic carbocycles. The fourth-order valence-corrected chi connectivity index (χ4v) is 2.58. The van der Waals surface area contributed by atoms with E-state index in [1.807, 2.05) is 36.2 Å².